The van der Waals surface area contributed by atoms with Crippen molar-refractivity contribution in [2.45, 2.75) is 18.2 Å². The topological polar surface area (TPSA) is 128 Å². The van der Waals surface area contributed by atoms with E-state index in [0.29, 0.717) is 37.8 Å². The standard InChI is InChI=1S/C21H25N3O7S/c1-3-23(13-15-10-11-31-14-15)21(25)16-4-7-18(8-5-16)32(28,29)22-19-12-17(24(26)27)6-9-20(19)30-2/h4-9,12,15,22H,3,10-11,13-14H2,1-2H3. The molecule has 1 saturated heterocycles. The minimum absolute atomic E-state index is 0.0576. The summed E-state index contributed by atoms with van der Waals surface area (Å²) in [4.78, 5) is 24.9. The van der Waals surface area contributed by atoms with E-state index in [-0.39, 0.29) is 27.9 Å². The number of nitrogens with one attached hydrogen (secondary N) is 1. The van der Waals surface area contributed by atoms with Gasteiger partial charge in [0.1, 0.15) is 5.75 Å². The lowest BCUT2D eigenvalue weighted by molar-refractivity contribution is -0.384. The first-order chi connectivity index (χ1) is 15.2. The summed E-state index contributed by atoms with van der Waals surface area (Å²) in [6, 6.07) is 9.17. The summed E-state index contributed by atoms with van der Waals surface area (Å²) in [5.41, 5.74) is 0.0344. The molecule has 0 aromatic heterocycles. The molecule has 0 radical (unpaired) electrons. The van der Waals surface area contributed by atoms with E-state index in [1.54, 1.807) is 4.90 Å². The largest absolute Gasteiger partial charge is 0.495 e. The van der Waals surface area contributed by atoms with E-state index in [4.69, 9.17) is 9.47 Å². The number of anilines is 1. The number of nitro benzene ring substituents is 1. The predicted octanol–water partition coefficient (Wildman–Crippen LogP) is 2.90. The Morgan fingerprint density at radius 1 is 1.28 bits per heavy atom. The molecule has 11 heteroatoms. The molecule has 2 aromatic carbocycles. The monoisotopic (exact) mass is 463 g/mol. The molecule has 1 fully saturated rings. The van der Waals surface area contributed by atoms with Crippen LogP contribution in [0.5, 0.6) is 5.75 Å². The first-order valence-electron chi connectivity index (χ1n) is 10.1. The molecule has 1 amide bonds. The summed E-state index contributed by atoms with van der Waals surface area (Å²) in [6.07, 6.45) is 0.910. The molecule has 1 unspecified atom stereocenters. The summed E-state index contributed by atoms with van der Waals surface area (Å²) in [5, 5.41) is 11.0. The highest BCUT2D eigenvalue weighted by Gasteiger charge is 2.24. The molecule has 172 valence electrons. The molecule has 1 atom stereocenters. The van der Waals surface area contributed by atoms with Crippen LogP contribution in [-0.2, 0) is 14.8 Å². The van der Waals surface area contributed by atoms with Gasteiger partial charge in [0.15, 0.2) is 0 Å². The van der Waals surface area contributed by atoms with Crippen LogP contribution < -0.4 is 9.46 Å². The zero-order valence-corrected chi connectivity index (χ0v) is 18.6. The highest BCUT2D eigenvalue weighted by Crippen LogP contribution is 2.31. The number of carbonyl (C=O) groups excluding carboxylic acids is 1. The van der Waals surface area contributed by atoms with Crippen molar-refractivity contribution in [3.8, 4) is 5.75 Å². The van der Waals surface area contributed by atoms with Crippen LogP contribution in [-0.4, -0.2) is 57.6 Å². The van der Waals surface area contributed by atoms with Gasteiger partial charge in [-0.15, -0.1) is 0 Å². The van der Waals surface area contributed by atoms with Crippen molar-refractivity contribution < 1.29 is 27.6 Å². The molecule has 2 aromatic rings. The average Bonchev–Trinajstić information content (AvgIpc) is 3.30. The lowest BCUT2D eigenvalue weighted by atomic mass is 10.1. The molecule has 0 aliphatic carbocycles. The molecule has 32 heavy (non-hydrogen) atoms. The van der Waals surface area contributed by atoms with E-state index < -0.39 is 14.9 Å². The second-order valence-electron chi connectivity index (χ2n) is 7.34. The van der Waals surface area contributed by atoms with E-state index >= 15 is 0 Å². The van der Waals surface area contributed by atoms with Crippen LogP contribution in [0.1, 0.15) is 23.7 Å². The van der Waals surface area contributed by atoms with Crippen LogP contribution in [0.3, 0.4) is 0 Å². The number of ether oxygens (including phenoxy) is 2. The van der Waals surface area contributed by atoms with Gasteiger partial charge in [-0.05, 0) is 43.7 Å². The van der Waals surface area contributed by atoms with E-state index in [0.717, 1.165) is 12.5 Å². The fourth-order valence-electron chi connectivity index (χ4n) is 3.45. The Bertz CT molecular complexity index is 1080. The van der Waals surface area contributed by atoms with Gasteiger partial charge >= 0.3 is 0 Å². The van der Waals surface area contributed by atoms with Crippen molar-refractivity contribution in [2.24, 2.45) is 5.92 Å². The average molecular weight is 464 g/mol. The smallest absolute Gasteiger partial charge is 0.271 e. The molecule has 1 N–H and O–H groups in total. The molecule has 1 aliphatic rings. The Morgan fingerprint density at radius 3 is 2.56 bits per heavy atom. The van der Waals surface area contributed by atoms with Gasteiger partial charge in [-0.3, -0.25) is 19.6 Å². The van der Waals surface area contributed by atoms with Crippen LogP contribution in [0.2, 0.25) is 0 Å². The third-order valence-corrected chi connectivity index (χ3v) is 6.60. The van der Waals surface area contributed by atoms with Gasteiger partial charge in [0, 0.05) is 43.3 Å². The van der Waals surface area contributed by atoms with E-state index in [1.807, 2.05) is 6.92 Å². The molecule has 1 aliphatic heterocycles. The van der Waals surface area contributed by atoms with Crippen molar-refractivity contribution in [2.75, 3.05) is 38.1 Å². The Labute approximate surface area is 186 Å². The highest BCUT2D eigenvalue weighted by molar-refractivity contribution is 7.92. The van der Waals surface area contributed by atoms with Crippen LogP contribution in [0, 0.1) is 16.0 Å². The Morgan fingerprint density at radius 2 is 2.00 bits per heavy atom. The summed E-state index contributed by atoms with van der Waals surface area (Å²) < 4.78 is 38.4. The third kappa shape index (κ3) is 5.35. The van der Waals surface area contributed by atoms with Gasteiger partial charge in [-0.2, -0.15) is 0 Å². The molecular formula is C21H25N3O7S. The third-order valence-electron chi connectivity index (χ3n) is 5.22. The molecule has 0 saturated carbocycles. The molecule has 10 nitrogen and oxygen atoms in total. The number of hydrogen-bond acceptors (Lipinski definition) is 7. The lowest BCUT2D eigenvalue weighted by Gasteiger charge is -2.24. The second-order valence-corrected chi connectivity index (χ2v) is 9.03. The normalized spacial score (nSPS) is 15.9. The number of carbonyl (C=O) groups is 1. The number of nitrogens with zero attached hydrogens (tertiary/aromatic N) is 2. The van der Waals surface area contributed by atoms with Crippen molar-refractivity contribution in [1.29, 1.82) is 0 Å². The number of amides is 1. The van der Waals surface area contributed by atoms with E-state index in [9.17, 15) is 23.3 Å². The zero-order valence-electron chi connectivity index (χ0n) is 17.8. The first-order valence-corrected chi connectivity index (χ1v) is 11.6. The number of nitro groups is 1. The lowest BCUT2D eigenvalue weighted by Crippen LogP contribution is -2.35. The van der Waals surface area contributed by atoms with Crippen molar-refractivity contribution >= 4 is 27.3 Å². The van der Waals surface area contributed by atoms with Gasteiger partial charge in [0.05, 0.1) is 29.2 Å². The Balaban J connectivity index is 1.78. The van der Waals surface area contributed by atoms with Crippen molar-refractivity contribution in [3.63, 3.8) is 0 Å². The maximum absolute atomic E-state index is 12.8. The van der Waals surface area contributed by atoms with Crippen LogP contribution in [0.25, 0.3) is 0 Å². The van der Waals surface area contributed by atoms with Gasteiger partial charge in [0.2, 0.25) is 0 Å². The van der Waals surface area contributed by atoms with Gasteiger partial charge in [-0.25, -0.2) is 8.42 Å². The van der Waals surface area contributed by atoms with Crippen LogP contribution in [0.4, 0.5) is 11.4 Å². The quantitative estimate of drug-likeness (QED) is 0.447. The van der Waals surface area contributed by atoms with Crippen LogP contribution >= 0.6 is 0 Å². The highest BCUT2D eigenvalue weighted by atomic mass is 32.2. The van der Waals surface area contributed by atoms with Gasteiger partial charge < -0.3 is 14.4 Å². The summed E-state index contributed by atoms with van der Waals surface area (Å²) in [6.45, 7) is 4.34. The molecular weight excluding hydrogens is 438 g/mol. The molecule has 0 spiro atoms. The maximum atomic E-state index is 12.8. The van der Waals surface area contributed by atoms with E-state index in [2.05, 4.69) is 4.72 Å². The molecule has 3 rings (SSSR count). The summed E-state index contributed by atoms with van der Waals surface area (Å²) >= 11 is 0. The number of benzene rings is 2. The first kappa shape index (κ1) is 23.5. The van der Waals surface area contributed by atoms with E-state index in [1.165, 1.54) is 43.5 Å². The summed E-state index contributed by atoms with van der Waals surface area (Å²) in [7, 11) is -2.74. The summed E-state index contributed by atoms with van der Waals surface area (Å²) in [5.74, 6) is 0.254. The Kier molecular flexibility index (Phi) is 7.31. The zero-order chi connectivity index (χ0) is 23.3. The minimum Gasteiger partial charge on any atom is -0.495 e. The minimum atomic E-state index is -4.07. The fourth-order valence-corrected chi connectivity index (χ4v) is 4.51. The number of rotatable bonds is 9. The van der Waals surface area contributed by atoms with Gasteiger partial charge in [0.25, 0.3) is 21.6 Å². The SMILES string of the molecule is CCN(CC1CCOC1)C(=O)c1ccc(S(=O)(=O)Nc2cc([N+](=O)[O-])ccc2OC)cc1. The van der Waals surface area contributed by atoms with Crippen molar-refractivity contribution in [1.82, 2.24) is 4.90 Å². The van der Waals surface area contributed by atoms with Crippen molar-refractivity contribution in [3.05, 3.63) is 58.1 Å². The molecule has 0 bridgehead atoms. The number of methoxy groups -OCH3 is 1. The number of sulfonamides is 1. The number of non-ortho nitro benzene ring substituents is 1. The number of hydrogen-bond donors (Lipinski definition) is 1. The fraction of sp³-hybridized carbons (Fsp3) is 0.381. The second kappa shape index (κ2) is 9.96. The predicted molar refractivity (Wildman–Crippen MR) is 117 cm³/mol. The van der Waals surface area contributed by atoms with Gasteiger partial charge in [-0.1, -0.05) is 0 Å². The Hall–Kier alpha value is -3.18. The van der Waals surface area contributed by atoms with Crippen LogP contribution in [0.15, 0.2) is 47.4 Å². The maximum Gasteiger partial charge on any atom is 0.271 e. The molecule has 1 heterocycles.